The molecule has 0 aliphatic heterocycles. The summed E-state index contributed by atoms with van der Waals surface area (Å²) in [7, 11) is 0. The smallest absolute Gasteiger partial charge is 0.123 e. The first-order chi connectivity index (χ1) is 8.34. The van der Waals surface area contributed by atoms with Crippen molar-refractivity contribution in [1.29, 1.82) is 0 Å². The molecule has 0 heterocycles. The van der Waals surface area contributed by atoms with E-state index < -0.39 is 0 Å². The van der Waals surface area contributed by atoms with Crippen LogP contribution < -0.4 is 5.32 Å². The molecule has 94 valence electrons. The number of aryl methyl sites for hydroxylation is 1. The largest absolute Gasteiger partial charge is 0.314 e. The van der Waals surface area contributed by atoms with E-state index in [1.807, 2.05) is 12.1 Å². The summed E-state index contributed by atoms with van der Waals surface area (Å²) in [6.07, 6.45) is 8.97. The molecule has 0 saturated heterocycles. The van der Waals surface area contributed by atoms with Gasteiger partial charge in [-0.15, -0.1) is 0 Å². The van der Waals surface area contributed by atoms with Crippen LogP contribution in [0.5, 0.6) is 0 Å². The first-order valence-electron chi connectivity index (χ1n) is 6.82. The molecule has 0 unspecified atom stereocenters. The lowest BCUT2D eigenvalue weighted by Gasteiger charge is -2.11. The van der Waals surface area contributed by atoms with Crippen LogP contribution >= 0.6 is 0 Å². The summed E-state index contributed by atoms with van der Waals surface area (Å²) in [5, 5.41) is 3.62. The molecule has 1 aromatic rings. The van der Waals surface area contributed by atoms with Gasteiger partial charge in [0.2, 0.25) is 0 Å². The van der Waals surface area contributed by atoms with Gasteiger partial charge in [-0.25, -0.2) is 4.39 Å². The molecule has 2 rings (SSSR count). The second kappa shape index (κ2) is 6.75. The molecular weight excluding hydrogens is 213 g/mol. The van der Waals surface area contributed by atoms with Crippen LogP contribution in [0.25, 0.3) is 0 Å². The van der Waals surface area contributed by atoms with E-state index in [9.17, 15) is 4.39 Å². The highest BCUT2D eigenvalue weighted by atomic mass is 19.1. The van der Waals surface area contributed by atoms with Crippen LogP contribution in [0.4, 0.5) is 4.39 Å². The Labute approximate surface area is 103 Å². The lowest BCUT2D eigenvalue weighted by molar-refractivity contribution is 0.508. The minimum atomic E-state index is -0.142. The molecule has 0 aromatic heterocycles. The maximum absolute atomic E-state index is 12.7. The number of nitrogens with one attached hydrogen (secondary N) is 1. The maximum Gasteiger partial charge on any atom is 0.123 e. The Kier molecular flexibility index (Phi) is 4.99. The van der Waals surface area contributed by atoms with E-state index in [0.29, 0.717) is 0 Å². The Bertz CT molecular complexity index is 314. The van der Waals surface area contributed by atoms with Crippen molar-refractivity contribution in [3.8, 4) is 0 Å². The molecule has 1 aliphatic carbocycles. The average Bonchev–Trinajstić information content (AvgIpc) is 2.84. The summed E-state index contributed by atoms with van der Waals surface area (Å²) in [6, 6.07) is 7.65. The molecule has 1 aromatic carbocycles. The van der Waals surface area contributed by atoms with Crippen molar-refractivity contribution in [3.63, 3.8) is 0 Å². The zero-order chi connectivity index (χ0) is 11.9. The normalized spacial score (nSPS) is 16.5. The summed E-state index contributed by atoms with van der Waals surface area (Å²) < 4.78 is 12.7. The topological polar surface area (TPSA) is 12.0 Å². The molecule has 0 bridgehead atoms. The Hall–Kier alpha value is -0.890. The zero-order valence-electron chi connectivity index (χ0n) is 10.4. The van der Waals surface area contributed by atoms with Gasteiger partial charge < -0.3 is 5.32 Å². The Morgan fingerprint density at radius 1 is 1.06 bits per heavy atom. The number of rotatable bonds is 6. The van der Waals surface area contributed by atoms with Gasteiger partial charge in [0.05, 0.1) is 0 Å². The molecular formula is C15H22FN. The van der Waals surface area contributed by atoms with Gasteiger partial charge >= 0.3 is 0 Å². The molecule has 0 radical (unpaired) electrons. The van der Waals surface area contributed by atoms with Crippen molar-refractivity contribution in [2.45, 2.75) is 51.0 Å². The molecule has 2 heteroatoms. The molecule has 1 nitrogen and oxygen atoms in total. The lowest BCUT2D eigenvalue weighted by atomic mass is 10.1. The van der Waals surface area contributed by atoms with E-state index in [1.54, 1.807) is 12.1 Å². The predicted octanol–water partition coefficient (Wildman–Crippen LogP) is 3.68. The SMILES string of the molecule is Fc1ccc(CCCCNC2CCCC2)cc1. The van der Waals surface area contributed by atoms with Crippen molar-refractivity contribution < 1.29 is 4.39 Å². The van der Waals surface area contributed by atoms with Gasteiger partial charge in [-0.3, -0.25) is 0 Å². The monoisotopic (exact) mass is 235 g/mol. The van der Waals surface area contributed by atoms with Gasteiger partial charge in [0.15, 0.2) is 0 Å². The fraction of sp³-hybridized carbons (Fsp3) is 0.600. The standard InChI is InChI=1S/C15H22FN/c16-14-10-8-13(9-11-14)5-3-4-12-17-15-6-1-2-7-15/h8-11,15,17H,1-7,12H2. The summed E-state index contributed by atoms with van der Waals surface area (Å²) in [5.74, 6) is -0.142. The summed E-state index contributed by atoms with van der Waals surface area (Å²) in [6.45, 7) is 1.13. The summed E-state index contributed by atoms with van der Waals surface area (Å²) >= 11 is 0. The average molecular weight is 235 g/mol. The third-order valence-corrected chi connectivity index (χ3v) is 3.59. The molecule has 0 spiro atoms. The van der Waals surface area contributed by atoms with Crippen molar-refractivity contribution in [3.05, 3.63) is 35.6 Å². The molecule has 17 heavy (non-hydrogen) atoms. The lowest BCUT2D eigenvalue weighted by Crippen LogP contribution is -2.26. The van der Waals surface area contributed by atoms with Crippen LogP contribution in [0, 0.1) is 5.82 Å². The van der Waals surface area contributed by atoms with Crippen LogP contribution in [0.1, 0.15) is 44.1 Å². The number of unbranched alkanes of at least 4 members (excludes halogenated alkanes) is 1. The predicted molar refractivity (Wildman–Crippen MR) is 69.6 cm³/mol. The Morgan fingerprint density at radius 3 is 2.47 bits per heavy atom. The molecule has 0 atom stereocenters. The van der Waals surface area contributed by atoms with Crippen molar-refractivity contribution in [1.82, 2.24) is 5.32 Å². The van der Waals surface area contributed by atoms with Crippen LogP contribution in [0.3, 0.4) is 0 Å². The van der Waals surface area contributed by atoms with Gasteiger partial charge in [0.25, 0.3) is 0 Å². The van der Waals surface area contributed by atoms with Crippen LogP contribution in [-0.4, -0.2) is 12.6 Å². The Morgan fingerprint density at radius 2 is 1.76 bits per heavy atom. The highest BCUT2D eigenvalue weighted by Crippen LogP contribution is 2.17. The van der Waals surface area contributed by atoms with E-state index in [-0.39, 0.29) is 5.82 Å². The highest BCUT2D eigenvalue weighted by molar-refractivity contribution is 5.15. The number of benzene rings is 1. The number of halogens is 1. The molecule has 1 fully saturated rings. The molecule has 1 N–H and O–H groups in total. The van der Waals surface area contributed by atoms with Gasteiger partial charge in [0.1, 0.15) is 5.82 Å². The maximum atomic E-state index is 12.7. The van der Waals surface area contributed by atoms with Gasteiger partial charge in [0, 0.05) is 6.04 Å². The Balaban J connectivity index is 1.55. The van der Waals surface area contributed by atoms with Crippen molar-refractivity contribution >= 4 is 0 Å². The molecule has 1 saturated carbocycles. The quantitative estimate of drug-likeness (QED) is 0.742. The van der Waals surface area contributed by atoms with Crippen molar-refractivity contribution in [2.75, 3.05) is 6.54 Å². The highest BCUT2D eigenvalue weighted by Gasteiger charge is 2.12. The molecule has 1 aliphatic rings. The van der Waals surface area contributed by atoms with Crippen LogP contribution in [0.15, 0.2) is 24.3 Å². The number of hydrogen-bond acceptors (Lipinski definition) is 1. The van der Waals surface area contributed by atoms with E-state index >= 15 is 0 Å². The van der Waals surface area contributed by atoms with E-state index in [0.717, 1.165) is 19.0 Å². The number of hydrogen-bond donors (Lipinski definition) is 1. The minimum absolute atomic E-state index is 0.142. The van der Waals surface area contributed by atoms with E-state index in [2.05, 4.69) is 5.32 Å². The fourth-order valence-electron chi connectivity index (χ4n) is 2.54. The molecule has 0 amide bonds. The van der Waals surface area contributed by atoms with Crippen LogP contribution in [0.2, 0.25) is 0 Å². The summed E-state index contributed by atoms with van der Waals surface area (Å²) in [4.78, 5) is 0. The first kappa shape index (κ1) is 12.6. The van der Waals surface area contributed by atoms with E-state index in [1.165, 1.54) is 44.1 Å². The third-order valence-electron chi connectivity index (χ3n) is 3.59. The first-order valence-corrected chi connectivity index (χ1v) is 6.82. The van der Waals surface area contributed by atoms with Gasteiger partial charge in [-0.05, 0) is 56.3 Å². The van der Waals surface area contributed by atoms with Gasteiger partial charge in [-0.1, -0.05) is 25.0 Å². The summed E-state index contributed by atoms with van der Waals surface area (Å²) in [5.41, 5.74) is 1.24. The third kappa shape index (κ3) is 4.47. The van der Waals surface area contributed by atoms with Crippen molar-refractivity contribution in [2.24, 2.45) is 0 Å². The second-order valence-corrected chi connectivity index (χ2v) is 5.02. The minimum Gasteiger partial charge on any atom is -0.314 e. The fourth-order valence-corrected chi connectivity index (χ4v) is 2.54. The van der Waals surface area contributed by atoms with Gasteiger partial charge in [-0.2, -0.15) is 0 Å². The van der Waals surface area contributed by atoms with E-state index in [4.69, 9.17) is 0 Å². The zero-order valence-corrected chi connectivity index (χ0v) is 10.4. The second-order valence-electron chi connectivity index (χ2n) is 5.02. The van der Waals surface area contributed by atoms with Crippen LogP contribution in [-0.2, 0) is 6.42 Å².